The van der Waals surface area contributed by atoms with Gasteiger partial charge in [0.2, 0.25) is 0 Å². The van der Waals surface area contributed by atoms with Crippen LogP contribution in [0, 0.1) is 0 Å². The minimum Gasteiger partial charge on any atom is -0.445 e. The number of rotatable bonds is 7. The molecule has 0 aromatic heterocycles. The van der Waals surface area contributed by atoms with E-state index in [9.17, 15) is 9.90 Å². The SMILES string of the molecule is CCC(O)CCCNC(=O)OCc1ccccc1. The van der Waals surface area contributed by atoms with Gasteiger partial charge in [-0.2, -0.15) is 0 Å². The monoisotopic (exact) mass is 251 g/mol. The highest BCUT2D eigenvalue weighted by molar-refractivity contribution is 5.67. The average molecular weight is 251 g/mol. The molecule has 1 aromatic carbocycles. The van der Waals surface area contributed by atoms with E-state index in [2.05, 4.69) is 5.32 Å². The fourth-order valence-electron chi connectivity index (χ4n) is 1.51. The number of ether oxygens (including phenoxy) is 1. The molecule has 4 nitrogen and oxygen atoms in total. The number of hydrogen-bond donors (Lipinski definition) is 2. The van der Waals surface area contributed by atoms with Crippen molar-refractivity contribution in [2.75, 3.05) is 6.54 Å². The number of nitrogens with one attached hydrogen (secondary N) is 1. The summed E-state index contributed by atoms with van der Waals surface area (Å²) < 4.78 is 5.05. The van der Waals surface area contributed by atoms with Crippen molar-refractivity contribution in [1.29, 1.82) is 0 Å². The Morgan fingerprint density at radius 1 is 1.39 bits per heavy atom. The highest BCUT2D eigenvalue weighted by Crippen LogP contribution is 2.01. The second-order valence-corrected chi connectivity index (χ2v) is 4.19. The van der Waals surface area contributed by atoms with Crippen molar-refractivity contribution in [3.63, 3.8) is 0 Å². The van der Waals surface area contributed by atoms with Crippen LogP contribution in [-0.2, 0) is 11.3 Å². The third kappa shape index (κ3) is 6.25. The number of aliphatic hydroxyl groups excluding tert-OH is 1. The van der Waals surface area contributed by atoms with Crippen LogP contribution in [0.1, 0.15) is 31.7 Å². The third-order valence-electron chi connectivity index (χ3n) is 2.67. The van der Waals surface area contributed by atoms with Gasteiger partial charge in [0, 0.05) is 6.54 Å². The van der Waals surface area contributed by atoms with E-state index in [1.54, 1.807) is 0 Å². The molecular weight excluding hydrogens is 230 g/mol. The van der Waals surface area contributed by atoms with E-state index in [1.807, 2.05) is 37.3 Å². The van der Waals surface area contributed by atoms with Crippen molar-refractivity contribution in [2.24, 2.45) is 0 Å². The first-order chi connectivity index (χ1) is 8.72. The number of aliphatic hydroxyl groups is 1. The summed E-state index contributed by atoms with van der Waals surface area (Å²) in [7, 11) is 0. The fourth-order valence-corrected chi connectivity index (χ4v) is 1.51. The Hall–Kier alpha value is -1.55. The van der Waals surface area contributed by atoms with E-state index in [4.69, 9.17) is 4.74 Å². The first-order valence-corrected chi connectivity index (χ1v) is 6.35. The van der Waals surface area contributed by atoms with Gasteiger partial charge in [0.15, 0.2) is 0 Å². The highest BCUT2D eigenvalue weighted by Gasteiger charge is 2.03. The molecule has 0 saturated heterocycles. The van der Waals surface area contributed by atoms with Crippen LogP contribution in [0.15, 0.2) is 30.3 Å². The largest absolute Gasteiger partial charge is 0.445 e. The predicted octanol–water partition coefficient (Wildman–Crippen LogP) is 2.46. The molecule has 0 fully saturated rings. The summed E-state index contributed by atoms with van der Waals surface area (Å²) in [5.74, 6) is 0. The molecule has 2 N–H and O–H groups in total. The Bertz CT molecular complexity index is 340. The maximum Gasteiger partial charge on any atom is 0.407 e. The summed E-state index contributed by atoms with van der Waals surface area (Å²) in [6, 6.07) is 9.55. The van der Waals surface area contributed by atoms with Crippen LogP contribution in [0.3, 0.4) is 0 Å². The fraction of sp³-hybridized carbons (Fsp3) is 0.500. The molecule has 1 aromatic rings. The van der Waals surface area contributed by atoms with E-state index < -0.39 is 6.09 Å². The van der Waals surface area contributed by atoms with E-state index in [0.717, 1.165) is 18.4 Å². The number of amides is 1. The lowest BCUT2D eigenvalue weighted by molar-refractivity contribution is 0.136. The summed E-state index contributed by atoms with van der Waals surface area (Å²) in [5, 5.41) is 12.0. The lowest BCUT2D eigenvalue weighted by Crippen LogP contribution is -2.25. The summed E-state index contributed by atoms with van der Waals surface area (Å²) in [6.45, 7) is 2.75. The van der Waals surface area contributed by atoms with Gasteiger partial charge in [-0.15, -0.1) is 0 Å². The molecule has 0 aliphatic rings. The number of carbonyl (C=O) groups excluding carboxylic acids is 1. The van der Waals surface area contributed by atoms with Crippen LogP contribution in [0.25, 0.3) is 0 Å². The van der Waals surface area contributed by atoms with Gasteiger partial charge in [-0.1, -0.05) is 37.3 Å². The minimum atomic E-state index is -0.412. The summed E-state index contributed by atoms with van der Waals surface area (Å²) in [6.07, 6.45) is 1.53. The number of alkyl carbamates (subject to hydrolysis) is 1. The minimum absolute atomic E-state index is 0.271. The zero-order valence-corrected chi connectivity index (χ0v) is 10.8. The van der Waals surface area contributed by atoms with Crippen molar-refractivity contribution in [3.05, 3.63) is 35.9 Å². The van der Waals surface area contributed by atoms with Crippen LogP contribution in [0.5, 0.6) is 0 Å². The molecule has 0 bridgehead atoms. The Morgan fingerprint density at radius 3 is 2.78 bits per heavy atom. The van der Waals surface area contributed by atoms with Gasteiger partial charge in [-0.05, 0) is 24.8 Å². The van der Waals surface area contributed by atoms with Crippen molar-refractivity contribution in [1.82, 2.24) is 5.32 Å². The van der Waals surface area contributed by atoms with Crippen molar-refractivity contribution >= 4 is 6.09 Å². The quantitative estimate of drug-likeness (QED) is 0.732. The summed E-state index contributed by atoms with van der Waals surface area (Å²) in [4.78, 5) is 11.3. The number of carbonyl (C=O) groups is 1. The van der Waals surface area contributed by atoms with Crippen LogP contribution >= 0.6 is 0 Å². The molecule has 18 heavy (non-hydrogen) atoms. The molecule has 1 atom stereocenters. The van der Waals surface area contributed by atoms with Gasteiger partial charge in [0.05, 0.1) is 6.10 Å². The molecule has 0 aliphatic heterocycles. The van der Waals surface area contributed by atoms with E-state index >= 15 is 0 Å². The molecule has 1 unspecified atom stereocenters. The van der Waals surface area contributed by atoms with E-state index in [0.29, 0.717) is 13.0 Å². The molecule has 0 aliphatic carbocycles. The lowest BCUT2D eigenvalue weighted by atomic mass is 10.1. The van der Waals surface area contributed by atoms with Gasteiger partial charge in [-0.25, -0.2) is 4.79 Å². The molecule has 0 radical (unpaired) electrons. The molecular formula is C14H21NO3. The average Bonchev–Trinajstić information content (AvgIpc) is 2.42. The summed E-state index contributed by atoms with van der Waals surface area (Å²) >= 11 is 0. The van der Waals surface area contributed by atoms with Gasteiger partial charge >= 0.3 is 6.09 Å². The maximum atomic E-state index is 11.3. The van der Waals surface area contributed by atoms with Gasteiger partial charge < -0.3 is 15.2 Å². The molecule has 100 valence electrons. The third-order valence-corrected chi connectivity index (χ3v) is 2.67. The predicted molar refractivity (Wildman–Crippen MR) is 70.2 cm³/mol. The van der Waals surface area contributed by atoms with Crippen LogP contribution in [0.4, 0.5) is 4.79 Å². The van der Waals surface area contributed by atoms with Gasteiger partial charge in [0.1, 0.15) is 6.61 Å². The zero-order valence-electron chi connectivity index (χ0n) is 10.8. The maximum absolute atomic E-state index is 11.3. The number of hydrogen-bond acceptors (Lipinski definition) is 3. The molecule has 0 saturated carbocycles. The first-order valence-electron chi connectivity index (χ1n) is 6.35. The van der Waals surface area contributed by atoms with Crippen LogP contribution in [-0.4, -0.2) is 23.8 Å². The lowest BCUT2D eigenvalue weighted by Gasteiger charge is -2.09. The topological polar surface area (TPSA) is 58.6 Å². The molecule has 1 amide bonds. The van der Waals surface area contributed by atoms with Crippen LogP contribution < -0.4 is 5.32 Å². The van der Waals surface area contributed by atoms with E-state index in [1.165, 1.54) is 0 Å². The van der Waals surface area contributed by atoms with Crippen molar-refractivity contribution in [3.8, 4) is 0 Å². The smallest absolute Gasteiger partial charge is 0.407 e. The molecule has 0 heterocycles. The standard InChI is InChI=1S/C14H21NO3/c1-2-13(16)9-6-10-15-14(17)18-11-12-7-4-3-5-8-12/h3-5,7-8,13,16H,2,6,9-11H2,1H3,(H,15,17). The normalized spacial score (nSPS) is 11.9. The first kappa shape index (κ1) is 14.5. The van der Waals surface area contributed by atoms with Gasteiger partial charge in [-0.3, -0.25) is 0 Å². The molecule has 0 spiro atoms. The summed E-state index contributed by atoms with van der Waals surface area (Å²) in [5.41, 5.74) is 0.967. The zero-order chi connectivity index (χ0) is 13.2. The molecule has 4 heteroatoms. The van der Waals surface area contributed by atoms with Crippen molar-refractivity contribution < 1.29 is 14.6 Å². The van der Waals surface area contributed by atoms with Crippen LogP contribution in [0.2, 0.25) is 0 Å². The Labute approximate surface area is 108 Å². The number of benzene rings is 1. The van der Waals surface area contributed by atoms with Gasteiger partial charge in [0.25, 0.3) is 0 Å². The second kappa shape index (κ2) is 8.53. The Kier molecular flexibility index (Phi) is 6.87. The molecule has 1 rings (SSSR count). The van der Waals surface area contributed by atoms with E-state index in [-0.39, 0.29) is 12.7 Å². The van der Waals surface area contributed by atoms with Crippen molar-refractivity contribution in [2.45, 2.75) is 38.9 Å². The highest BCUT2D eigenvalue weighted by atomic mass is 16.5. The Balaban J connectivity index is 2.07. The second-order valence-electron chi connectivity index (χ2n) is 4.19. The Morgan fingerprint density at radius 2 is 2.11 bits per heavy atom.